The summed E-state index contributed by atoms with van der Waals surface area (Å²) in [5, 5.41) is 10.1. The van der Waals surface area contributed by atoms with Crippen LogP contribution in [0.4, 0.5) is 0 Å². The molecule has 0 fully saturated rings. The highest BCUT2D eigenvalue weighted by Gasteiger charge is 2.23. The first-order valence-electron chi connectivity index (χ1n) is 5.99. The van der Waals surface area contributed by atoms with Gasteiger partial charge in [-0.15, -0.1) is 0 Å². The first-order valence-corrected chi connectivity index (χ1v) is 5.99. The van der Waals surface area contributed by atoms with Gasteiger partial charge in [0.05, 0.1) is 5.60 Å². The molecule has 0 aliphatic heterocycles. The summed E-state index contributed by atoms with van der Waals surface area (Å²) >= 11 is 0. The van der Waals surface area contributed by atoms with Crippen LogP contribution in [0.5, 0.6) is 0 Å². The molecule has 14 heavy (non-hydrogen) atoms. The minimum Gasteiger partial charge on any atom is -0.389 e. The molecule has 0 heterocycles. The van der Waals surface area contributed by atoms with Crippen molar-refractivity contribution in [2.24, 2.45) is 0 Å². The van der Waals surface area contributed by atoms with Crippen molar-refractivity contribution in [1.29, 1.82) is 0 Å². The van der Waals surface area contributed by atoms with Crippen molar-refractivity contribution in [3.8, 4) is 0 Å². The van der Waals surface area contributed by atoms with Crippen molar-refractivity contribution in [3.05, 3.63) is 0 Å². The molecule has 0 aromatic heterocycles. The van der Waals surface area contributed by atoms with Crippen molar-refractivity contribution >= 4 is 0 Å². The van der Waals surface area contributed by atoms with E-state index >= 15 is 0 Å². The molecule has 0 saturated heterocycles. The van der Waals surface area contributed by atoms with Gasteiger partial charge in [0.2, 0.25) is 0 Å². The van der Waals surface area contributed by atoms with Gasteiger partial charge in [0.15, 0.2) is 0 Å². The van der Waals surface area contributed by atoms with E-state index in [1.54, 1.807) is 0 Å². The molecule has 0 bridgehead atoms. The number of hydrogen-bond acceptors (Lipinski definition) is 2. The first kappa shape index (κ1) is 13.9. The Morgan fingerprint density at radius 1 is 1.07 bits per heavy atom. The Kier molecular flexibility index (Phi) is 7.20. The zero-order chi connectivity index (χ0) is 11.0. The van der Waals surface area contributed by atoms with Crippen LogP contribution in [0.1, 0.15) is 52.9 Å². The summed E-state index contributed by atoms with van der Waals surface area (Å²) in [5.74, 6) is 0. The topological polar surface area (TPSA) is 23.5 Å². The van der Waals surface area contributed by atoms with Crippen LogP contribution in [0.2, 0.25) is 0 Å². The summed E-state index contributed by atoms with van der Waals surface area (Å²) in [5.41, 5.74) is -0.471. The van der Waals surface area contributed by atoms with E-state index in [1.807, 2.05) is 0 Å². The van der Waals surface area contributed by atoms with Crippen molar-refractivity contribution in [2.45, 2.75) is 58.5 Å². The third-order valence-electron chi connectivity index (χ3n) is 3.02. The van der Waals surface area contributed by atoms with Crippen LogP contribution in [0.15, 0.2) is 0 Å². The third-order valence-corrected chi connectivity index (χ3v) is 3.02. The molecule has 86 valence electrons. The Labute approximate surface area is 89.3 Å². The summed E-state index contributed by atoms with van der Waals surface area (Å²) in [6.07, 6.45) is 5.50. The van der Waals surface area contributed by atoms with Gasteiger partial charge in [0, 0.05) is 6.54 Å². The van der Waals surface area contributed by atoms with Crippen LogP contribution in [-0.4, -0.2) is 35.7 Å². The summed E-state index contributed by atoms with van der Waals surface area (Å²) in [7, 11) is 2.10. The van der Waals surface area contributed by atoms with Gasteiger partial charge in [-0.05, 0) is 32.9 Å². The molecule has 0 atom stereocenters. The standard InChI is InChI=1S/C12H27NO/c1-5-8-9-10-13(4)11-12(14,6-2)7-3/h14H,5-11H2,1-4H3. The minimum atomic E-state index is -0.471. The van der Waals surface area contributed by atoms with Crippen molar-refractivity contribution < 1.29 is 5.11 Å². The van der Waals surface area contributed by atoms with E-state index in [4.69, 9.17) is 0 Å². The van der Waals surface area contributed by atoms with Gasteiger partial charge >= 0.3 is 0 Å². The highest BCUT2D eigenvalue weighted by atomic mass is 16.3. The number of unbranched alkanes of at least 4 members (excludes halogenated alkanes) is 2. The Morgan fingerprint density at radius 2 is 1.64 bits per heavy atom. The average molecular weight is 201 g/mol. The van der Waals surface area contributed by atoms with Crippen molar-refractivity contribution in [2.75, 3.05) is 20.1 Å². The smallest absolute Gasteiger partial charge is 0.0768 e. The lowest BCUT2D eigenvalue weighted by atomic mass is 9.97. The molecule has 0 aliphatic rings. The second-order valence-electron chi connectivity index (χ2n) is 4.38. The lowest BCUT2D eigenvalue weighted by molar-refractivity contribution is 0.00281. The van der Waals surface area contributed by atoms with E-state index in [2.05, 4.69) is 32.7 Å². The van der Waals surface area contributed by atoms with Crippen LogP contribution < -0.4 is 0 Å². The summed E-state index contributed by atoms with van der Waals surface area (Å²) in [6, 6.07) is 0. The molecule has 0 radical (unpaired) electrons. The number of hydrogen-bond donors (Lipinski definition) is 1. The summed E-state index contributed by atoms with van der Waals surface area (Å²) < 4.78 is 0. The van der Waals surface area contributed by atoms with Crippen LogP contribution in [0.3, 0.4) is 0 Å². The predicted molar refractivity (Wildman–Crippen MR) is 62.6 cm³/mol. The number of nitrogens with zero attached hydrogens (tertiary/aromatic N) is 1. The summed E-state index contributed by atoms with van der Waals surface area (Å²) in [4.78, 5) is 2.25. The van der Waals surface area contributed by atoms with Gasteiger partial charge in [-0.3, -0.25) is 0 Å². The monoisotopic (exact) mass is 201 g/mol. The molecule has 1 N–H and O–H groups in total. The SMILES string of the molecule is CCCCCN(C)CC(O)(CC)CC. The third kappa shape index (κ3) is 5.61. The molecule has 0 rings (SSSR count). The van der Waals surface area contributed by atoms with E-state index in [-0.39, 0.29) is 0 Å². The molecule has 0 amide bonds. The fourth-order valence-corrected chi connectivity index (χ4v) is 1.69. The largest absolute Gasteiger partial charge is 0.389 e. The molecular formula is C12H27NO. The summed E-state index contributed by atoms with van der Waals surface area (Å²) in [6.45, 7) is 8.25. The van der Waals surface area contributed by atoms with Gasteiger partial charge in [-0.2, -0.15) is 0 Å². The van der Waals surface area contributed by atoms with Crippen molar-refractivity contribution in [1.82, 2.24) is 4.90 Å². The zero-order valence-electron chi connectivity index (χ0n) is 10.3. The Morgan fingerprint density at radius 3 is 2.07 bits per heavy atom. The molecule has 0 saturated carbocycles. The maximum atomic E-state index is 10.1. The Bertz CT molecular complexity index is 132. The minimum absolute atomic E-state index is 0.471. The number of aliphatic hydroxyl groups is 1. The Hall–Kier alpha value is -0.0800. The van der Waals surface area contributed by atoms with Crippen LogP contribution >= 0.6 is 0 Å². The molecule has 2 heteroatoms. The fraction of sp³-hybridized carbons (Fsp3) is 1.00. The molecule has 2 nitrogen and oxygen atoms in total. The average Bonchev–Trinajstić information content (AvgIpc) is 2.18. The highest BCUT2D eigenvalue weighted by molar-refractivity contribution is 4.78. The van der Waals surface area contributed by atoms with Gasteiger partial charge in [-0.1, -0.05) is 33.6 Å². The Balaban J connectivity index is 3.73. The van der Waals surface area contributed by atoms with Gasteiger partial charge < -0.3 is 10.0 Å². The zero-order valence-corrected chi connectivity index (χ0v) is 10.3. The maximum Gasteiger partial charge on any atom is 0.0768 e. The number of likely N-dealkylation sites (N-methyl/N-ethyl adjacent to an activating group) is 1. The van der Waals surface area contributed by atoms with E-state index < -0.39 is 5.60 Å². The van der Waals surface area contributed by atoms with E-state index in [9.17, 15) is 5.11 Å². The number of rotatable bonds is 8. The van der Waals surface area contributed by atoms with E-state index in [0.29, 0.717) is 0 Å². The second kappa shape index (κ2) is 7.24. The molecule has 0 unspecified atom stereocenters. The highest BCUT2D eigenvalue weighted by Crippen LogP contribution is 2.15. The molecule has 0 aliphatic carbocycles. The normalized spacial score (nSPS) is 12.4. The van der Waals surface area contributed by atoms with Gasteiger partial charge in [-0.25, -0.2) is 0 Å². The van der Waals surface area contributed by atoms with Crippen LogP contribution in [0.25, 0.3) is 0 Å². The molecular weight excluding hydrogens is 174 g/mol. The maximum absolute atomic E-state index is 10.1. The van der Waals surface area contributed by atoms with Gasteiger partial charge in [0.25, 0.3) is 0 Å². The predicted octanol–water partition coefficient (Wildman–Crippen LogP) is 2.66. The quantitative estimate of drug-likeness (QED) is 0.610. The van der Waals surface area contributed by atoms with E-state index in [0.717, 1.165) is 25.9 Å². The second-order valence-corrected chi connectivity index (χ2v) is 4.38. The molecule has 0 spiro atoms. The van der Waals surface area contributed by atoms with E-state index in [1.165, 1.54) is 19.3 Å². The van der Waals surface area contributed by atoms with Crippen molar-refractivity contribution in [3.63, 3.8) is 0 Å². The fourth-order valence-electron chi connectivity index (χ4n) is 1.69. The molecule has 0 aromatic rings. The van der Waals surface area contributed by atoms with Gasteiger partial charge in [0.1, 0.15) is 0 Å². The lowest BCUT2D eigenvalue weighted by Crippen LogP contribution is -2.40. The van der Waals surface area contributed by atoms with Crippen LogP contribution in [-0.2, 0) is 0 Å². The molecule has 0 aromatic carbocycles. The lowest BCUT2D eigenvalue weighted by Gasteiger charge is -2.30. The van der Waals surface area contributed by atoms with Crippen LogP contribution in [0, 0.1) is 0 Å². The first-order chi connectivity index (χ1) is 6.58.